The van der Waals surface area contributed by atoms with Gasteiger partial charge in [-0.25, -0.2) is 0 Å². The zero-order valence-corrected chi connectivity index (χ0v) is 11.0. The SMILES string of the molecule is N#C[C@H]1[C@H](c2ccccc2)C=C[C@]1(O)c1ccccc1. The van der Waals surface area contributed by atoms with E-state index in [0.29, 0.717) is 0 Å². The molecule has 0 aliphatic heterocycles. The molecule has 0 amide bonds. The fourth-order valence-corrected chi connectivity index (χ4v) is 2.88. The summed E-state index contributed by atoms with van der Waals surface area (Å²) in [7, 11) is 0. The molecule has 0 fully saturated rings. The minimum absolute atomic E-state index is 0.0774. The van der Waals surface area contributed by atoms with Gasteiger partial charge >= 0.3 is 0 Å². The van der Waals surface area contributed by atoms with Gasteiger partial charge in [-0.3, -0.25) is 0 Å². The van der Waals surface area contributed by atoms with Gasteiger partial charge in [-0.2, -0.15) is 5.26 Å². The molecular weight excluding hydrogens is 246 g/mol. The normalized spacial score (nSPS) is 28.2. The molecule has 98 valence electrons. The van der Waals surface area contributed by atoms with E-state index in [9.17, 15) is 10.4 Å². The van der Waals surface area contributed by atoms with Gasteiger partial charge in [-0.05, 0) is 11.1 Å². The largest absolute Gasteiger partial charge is 0.380 e. The van der Waals surface area contributed by atoms with Crippen LogP contribution in [-0.2, 0) is 5.60 Å². The maximum absolute atomic E-state index is 10.9. The summed E-state index contributed by atoms with van der Waals surface area (Å²) in [6, 6.07) is 21.5. The van der Waals surface area contributed by atoms with Crippen LogP contribution in [0.25, 0.3) is 0 Å². The zero-order valence-electron chi connectivity index (χ0n) is 11.0. The minimum atomic E-state index is -1.21. The summed E-state index contributed by atoms with van der Waals surface area (Å²) in [4.78, 5) is 0. The zero-order chi connectivity index (χ0) is 14.0. The van der Waals surface area contributed by atoms with Gasteiger partial charge in [-0.15, -0.1) is 0 Å². The van der Waals surface area contributed by atoms with Crippen molar-refractivity contribution < 1.29 is 5.11 Å². The highest BCUT2D eigenvalue weighted by atomic mass is 16.3. The first-order valence-corrected chi connectivity index (χ1v) is 6.67. The van der Waals surface area contributed by atoms with Crippen LogP contribution in [0, 0.1) is 17.2 Å². The standard InChI is InChI=1S/C18H15NO/c19-13-17-16(14-7-3-1-4-8-14)11-12-18(17,20)15-9-5-2-6-10-15/h1-12,16-17,20H/t16-,17-,18-/m0/s1. The van der Waals surface area contributed by atoms with E-state index in [4.69, 9.17) is 0 Å². The Morgan fingerprint density at radius 2 is 1.55 bits per heavy atom. The van der Waals surface area contributed by atoms with E-state index in [1.807, 2.05) is 66.7 Å². The van der Waals surface area contributed by atoms with Gasteiger partial charge in [-0.1, -0.05) is 72.8 Å². The van der Waals surface area contributed by atoms with Crippen molar-refractivity contribution in [3.8, 4) is 6.07 Å². The van der Waals surface area contributed by atoms with Gasteiger partial charge in [0.1, 0.15) is 5.60 Å². The number of aliphatic hydroxyl groups is 1. The summed E-state index contributed by atoms with van der Waals surface area (Å²) in [5.74, 6) is -0.585. The van der Waals surface area contributed by atoms with Gasteiger partial charge in [0.25, 0.3) is 0 Å². The number of nitriles is 1. The molecule has 1 N–H and O–H groups in total. The van der Waals surface area contributed by atoms with Crippen LogP contribution in [-0.4, -0.2) is 5.11 Å². The van der Waals surface area contributed by atoms with E-state index in [1.54, 1.807) is 6.08 Å². The molecular formula is C18H15NO. The predicted octanol–water partition coefficient (Wildman–Crippen LogP) is 3.37. The Morgan fingerprint density at radius 1 is 0.950 bits per heavy atom. The summed E-state index contributed by atoms with van der Waals surface area (Å²) < 4.78 is 0. The quantitative estimate of drug-likeness (QED) is 0.842. The summed E-state index contributed by atoms with van der Waals surface area (Å²) in [6.07, 6.45) is 3.70. The smallest absolute Gasteiger partial charge is 0.124 e. The average Bonchev–Trinajstić information content (AvgIpc) is 2.87. The van der Waals surface area contributed by atoms with Crippen LogP contribution in [0.5, 0.6) is 0 Å². The molecule has 0 unspecified atom stereocenters. The molecule has 0 radical (unpaired) electrons. The molecule has 0 heterocycles. The number of benzene rings is 2. The van der Waals surface area contributed by atoms with E-state index in [-0.39, 0.29) is 5.92 Å². The van der Waals surface area contributed by atoms with E-state index in [0.717, 1.165) is 11.1 Å². The first-order chi connectivity index (χ1) is 9.75. The molecule has 20 heavy (non-hydrogen) atoms. The van der Waals surface area contributed by atoms with Crippen LogP contribution >= 0.6 is 0 Å². The Bertz CT molecular complexity index is 657. The summed E-state index contributed by atoms with van der Waals surface area (Å²) in [5.41, 5.74) is 0.611. The van der Waals surface area contributed by atoms with Crippen molar-refractivity contribution >= 4 is 0 Å². The second kappa shape index (κ2) is 4.96. The van der Waals surface area contributed by atoms with Crippen LogP contribution in [0.3, 0.4) is 0 Å². The molecule has 1 aliphatic rings. The lowest BCUT2D eigenvalue weighted by Gasteiger charge is -2.28. The van der Waals surface area contributed by atoms with Crippen molar-refractivity contribution in [2.24, 2.45) is 5.92 Å². The Balaban J connectivity index is 2.02. The lowest BCUT2D eigenvalue weighted by atomic mass is 9.78. The lowest BCUT2D eigenvalue weighted by Crippen LogP contribution is -2.31. The van der Waals surface area contributed by atoms with Crippen LogP contribution in [0.4, 0.5) is 0 Å². The second-order valence-electron chi connectivity index (χ2n) is 5.09. The molecule has 0 spiro atoms. The van der Waals surface area contributed by atoms with Crippen molar-refractivity contribution in [3.63, 3.8) is 0 Å². The van der Waals surface area contributed by atoms with Crippen molar-refractivity contribution in [1.82, 2.24) is 0 Å². The highest BCUT2D eigenvalue weighted by Crippen LogP contribution is 2.46. The number of allylic oxidation sites excluding steroid dienone is 1. The number of hydrogen-bond acceptors (Lipinski definition) is 2. The van der Waals surface area contributed by atoms with Crippen molar-refractivity contribution in [2.75, 3.05) is 0 Å². The Kier molecular flexibility index (Phi) is 3.14. The van der Waals surface area contributed by atoms with Gasteiger partial charge < -0.3 is 5.11 Å². The molecule has 0 saturated carbocycles. The summed E-state index contributed by atoms with van der Waals surface area (Å²) >= 11 is 0. The molecule has 2 heteroatoms. The van der Waals surface area contributed by atoms with Crippen molar-refractivity contribution in [3.05, 3.63) is 83.9 Å². The molecule has 0 bridgehead atoms. The molecule has 2 aromatic rings. The van der Waals surface area contributed by atoms with Gasteiger partial charge in [0.15, 0.2) is 0 Å². The van der Waals surface area contributed by atoms with Crippen molar-refractivity contribution in [2.45, 2.75) is 11.5 Å². The van der Waals surface area contributed by atoms with E-state index in [2.05, 4.69) is 6.07 Å². The third-order valence-corrected chi connectivity index (χ3v) is 3.95. The first kappa shape index (κ1) is 12.7. The molecule has 3 rings (SSSR count). The Labute approximate surface area is 118 Å². The van der Waals surface area contributed by atoms with Gasteiger partial charge in [0.2, 0.25) is 0 Å². The first-order valence-electron chi connectivity index (χ1n) is 6.67. The maximum Gasteiger partial charge on any atom is 0.124 e. The van der Waals surface area contributed by atoms with E-state index < -0.39 is 11.5 Å². The van der Waals surface area contributed by atoms with Gasteiger partial charge in [0, 0.05) is 5.92 Å². The third-order valence-electron chi connectivity index (χ3n) is 3.95. The average molecular weight is 261 g/mol. The van der Waals surface area contributed by atoms with Crippen LogP contribution in [0.15, 0.2) is 72.8 Å². The third kappa shape index (κ3) is 1.93. The summed E-state index contributed by atoms with van der Waals surface area (Å²) in [5, 5.41) is 20.5. The molecule has 1 aliphatic carbocycles. The predicted molar refractivity (Wildman–Crippen MR) is 77.8 cm³/mol. The Morgan fingerprint density at radius 3 is 2.15 bits per heavy atom. The minimum Gasteiger partial charge on any atom is -0.380 e. The highest BCUT2D eigenvalue weighted by molar-refractivity contribution is 5.41. The number of nitrogens with zero attached hydrogens (tertiary/aromatic N) is 1. The van der Waals surface area contributed by atoms with Crippen LogP contribution in [0.1, 0.15) is 17.0 Å². The number of hydrogen-bond donors (Lipinski definition) is 1. The second-order valence-corrected chi connectivity index (χ2v) is 5.09. The molecule has 2 nitrogen and oxygen atoms in total. The topological polar surface area (TPSA) is 44.0 Å². The highest BCUT2D eigenvalue weighted by Gasteiger charge is 2.45. The fraction of sp³-hybridized carbons (Fsp3) is 0.167. The maximum atomic E-state index is 10.9. The van der Waals surface area contributed by atoms with Crippen molar-refractivity contribution in [1.29, 1.82) is 5.26 Å². The lowest BCUT2D eigenvalue weighted by molar-refractivity contribution is 0.0534. The molecule has 0 aromatic heterocycles. The number of rotatable bonds is 2. The van der Waals surface area contributed by atoms with E-state index in [1.165, 1.54) is 0 Å². The molecule has 3 atom stereocenters. The summed E-state index contributed by atoms with van der Waals surface area (Å²) in [6.45, 7) is 0. The fourth-order valence-electron chi connectivity index (χ4n) is 2.88. The van der Waals surface area contributed by atoms with E-state index >= 15 is 0 Å². The monoisotopic (exact) mass is 261 g/mol. The van der Waals surface area contributed by atoms with Gasteiger partial charge in [0.05, 0.1) is 12.0 Å². The van der Waals surface area contributed by atoms with Crippen LogP contribution < -0.4 is 0 Å². The molecule has 2 aromatic carbocycles. The van der Waals surface area contributed by atoms with Crippen LogP contribution in [0.2, 0.25) is 0 Å². The Hall–Kier alpha value is -2.37. The molecule has 0 saturated heterocycles.